The van der Waals surface area contributed by atoms with Crippen molar-refractivity contribution in [3.05, 3.63) is 47.9 Å². The third kappa shape index (κ3) is 3.60. The minimum atomic E-state index is -0.182. The highest BCUT2D eigenvalue weighted by Gasteiger charge is 2.13. The second-order valence-corrected chi connectivity index (χ2v) is 9.20. The van der Waals surface area contributed by atoms with E-state index in [-0.39, 0.29) is 18.0 Å². The van der Waals surface area contributed by atoms with Gasteiger partial charge in [0.25, 0.3) is 5.56 Å². The molecule has 3 aromatic heterocycles. The molecule has 3 aromatic rings. The van der Waals surface area contributed by atoms with E-state index in [1.165, 1.54) is 27.1 Å². The number of thiophene rings is 2. The highest BCUT2D eigenvalue weighted by atomic mass is 79.9. The summed E-state index contributed by atoms with van der Waals surface area (Å²) < 4.78 is 2.45. The Labute approximate surface area is 155 Å². The summed E-state index contributed by atoms with van der Waals surface area (Å²) in [5.41, 5.74) is 0.796. The van der Waals surface area contributed by atoms with Crippen molar-refractivity contribution in [2.45, 2.75) is 26.8 Å². The van der Waals surface area contributed by atoms with Gasteiger partial charge >= 0.3 is 0 Å². The predicted octanol–water partition coefficient (Wildman–Crippen LogP) is 3.26. The Hall–Kier alpha value is -1.51. The van der Waals surface area contributed by atoms with E-state index in [0.717, 1.165) is 25.5 Å². The van der Waals surface area contributed by atoms with E-state index in [4.69, 9.17) is 0 Å². The molecule has 0 spiro atoms. The number of carbonyl (C=O) groups excluding carboxylic acids is 1. The van der Waals surface area contributed by atoms with Crippen molar-refractivity contribution in [3.63, 3.8) is 0 Å². The van der Waals surface area contributed by atoms with Crippen LogP contribution in [0.1, 0.15) is 15.3 Å². The summed E-state index contributed by atoms with van der Waals surface area (Å²) in [5.74, 6) is -0.182. The van der Waals surface area contributed by atoms with E-state index >= 15 is 0 Å². The van der Waals surface area contributed by atoms with Gasteiger partial charge in [-0.15, -0.1) is 22.7 Å². The van der Waals surface area contributed by atoms with Crippen LogP contribution in [0.2, 0.25) is 0 Å². The smallest absolute Gasteiger partial charge is 0.262 e. The number of hydrogen-bond donors (Lipinski definition) is 1. The van der Waals surface area contributed by atoms with Crippen LogP contribution in [-0.4, -0.2) is 22.0 Å². The van der Waals surface area contributed by atoms with E-state index < -0.39 is 0 Å². The molecule has 0 fully saturated rings. The van der Waals surface area contributed by atoms with E-state index in [9.17, 15) is 9.59 Å². The number of aryl methyl sites for hydroxylation is 2. The van der Waals surface area contributed by atoms with Gasteiger partial charge in [-0.25, -0.2) is 4.98 Å². The maximum Gasteiger partial charge on any atom is 0.262 e. The van der Waals surface area contributed by atoms with Crippen molar-refractivity contribution >= 4 is 54.7 Å². The number of rotatable bonds is 5. The molecule has 24 heavy (non-hydrogen) atoms. The van der Waals surface area contributed by atoms with Crippen molar-refractivity contribution in [2.24, 2.45) is 0 Å². The highest BCUT2D eigenvalue weighted by Crippen LogP contribution is 2.25. The Morgan fingerprint density at radius 2 is 2.12 bits per heavy atom. The lowest BCUT2D eigenvalue weighted by atomic mass is 10.2. The largest absolute Gasteiger partial charge is 0.354 e. The summed E-state index contributed by atoms with van der Waals surface area (Å²) in [5, 5.41) is 3.47. The summed E-state index contributed by atoms with van der Waals surface area (Å²) in [6.07, 6.45) is 2.23. The molecule has 0 unspecified atom stereocenters. The average molecular weight is 426 g/mol. The number of nitrogens with zero attached hydrogens (tertiary/aromatic N) is 2. The van der Waals surface area contributed by atoms with Crippen LogP contribution in [0.3, 0.4) is 0 Å². The van der Waals surface area contributed by atoms with Crippen LogP contribution >= 0.6 is 38.6 Å². The van der Waals surface area contributed by atoms with Gasteiger partial charge in [0.2, 0.25) is 5.91 Å². The standard InChI is InChI=1S/C16H16BrN3O2S2/c1-9-10(2)23-15-14(9)16(22)20(8-19-15)7-13(21)18-6-5-11-3-4-12(17)24-11/h3-4,8H,5-7H2,1-2H3,(H,18,21). The molecule has 126 valence electrons. The Kier molecular flexibility index (Phi) is 5.17. The summed E-state index contributed by atoms with van der Waals surface area (Å²) in [4.78, 5) is 31.9. The lowest BCUT2D eigenvalue weighted by Gasteiger charge is -2.07. The number of carbonyl (C=O) groups is 1. The molecule has 0 saturated heterocycles. The molecule has 0 aliphatic carbocycles. The van der Waals surface area contributed by atoms with Crippen molar-refractivity contribution in [1.82, 2.24) is 14.9 Å². The fourth-order valence-electron chi connectivity index (χ4n) is 2.40. The molecular formula is C16H16BrN3O2S2. The summed E-state index contributed by atoms with van der Waals surface area (Å²) >= 11 is 6.58. The second-order valence-electron chi connectivity index (χ2n) is 5.45. The average Bonchev–Trinajstić information content (AvgIpc) is 3.07. The highest BCUT2D eigenvalue weighted by molar-refractivity contribution is 9.11. The first-order valence-corrected chi connectivity index (χ1v) is 9.84. The van der Waals surface area contributed by atoms with Gasteiger partial charge in [-0.1, -0.05) is 0 Å². The molecule has 3 heterocycles. The van der Waals surface area contributed by atoms with E-state index in [2.05, 4.69) is 26.2 Å². The van der Waals surface area contributed by atoms with Gasteiger partial charge < -0.3 is 5.32 Å². The van der Waals surface area contributed by atoms with Crippen LogP contribution in [0.15, 0.2) is 27.0 Å². The zero-order valence-corrected chi connectivity index (χ0v) is 16.5. The van der Waals surface area contributed by atoms with Crippen molar-refractivity contribution in [2.75, 3.05) is 6.54 Å². The first-order valence-electron chi connectivity index (χ1n) is 7.41. The normalized spacial score (nSPS) is 11.1. The molecular weight excluding hydrogens is 410 g/mol. The fourth-order valence-corrected chi connectivity index (χ4v) is 4.87. The molecule has 1 amide bonds. The number of fused-ring (bicyclic) bond motifs is 1. The van der Waals surface area contributed by atoms with Gasteiger partial charge in [-0.05, 0) is 53.9 Å². The molecule has 8 heteroatoms. The van der Waals surface area contributed by atoms with Crippen LogP contribution in [0.4, 0.5) is 0 Å². The number of halogens is 1. The molecule has 0 bridgehead atoms. The lowest BCUT2D eigenvalue weighted by Crippen LogP contribution is -2.33. The summed E-state index contributed by atoms with van der Waals surface area (Å²) in [6, 6.07) is 4.03. The van der Waals surface area contributed by atoms with E-state index in [0.29, 0.717) is 11.9 Å². The van der Waals surface area contributed by atoms with Gasteiger partial charge in [0, 0.05) is 16.3 Å². The number of nitrogens with one attached hydrogen (secondary N) is 1. The summed E-state index contributed by atoms with van der Waals surface area (Å²) in [6.45, 7) is 4.43. The SMILES string of the molecule is Cc1sc2ncn(CC(=O)NCCc3ccc(Br)s3)c(=O)c2c1C. The third-order valence-electron chi connectivity index (χ3n) is 3.79. The number of amides is 1. The quantitative estimate of drug-likeness (QED) is 0.681. The molecule has 0 aliphatic rings. The third-order valence-corrected chi connectivity index (χ3v) is 6.59. The van der Waals surface area contributed by atoms with Crippen LogP contribution < -0.4 is 10.9 Å². The summed E-state index contributed by atoms with van der Waals surface area (Å²) in [7, 11) is 0. The Bertz CT molecular complexity index is 958. The Morgan fingerprint density at radius 1 is 1.33 bits per heavy atom. The predicted molar refractivity (Wildman–Crippen MR) is 102 cm³/mol. The Morgan fingerprint density at radius 3 is 2.83 bits per heavy atom. The van der Waals surface area contributed by atoms with Crippen LogP contribution in [0.25, 0.3) is 10.2 Å². The second kappa shape index (κ2) is 7.16. The van der Waals surface area contributed by atoms with Gasteiger partial charge in [0.15, 0.2) is 0 Å². The van der Waals surface area contributed by atoms with E-state index in [1.807, 2.05) is 26.0 Å². The monoisotopic (exact) mass is 425 g/mol. The first-order chi connectivity index (χ1) is 11.5. The zero-order valence-electron chi connectivity index (χ0n) is 13.3. The topological polar surface area (TPSA) is 64.0 Å². The lowest BCUT2D eigenvalue weighted by molar-refractivity contribution is -0.121. The van der Waals surface area contributed by atoms with Crippen LogP contribution in [0, 0.1) is 13.8 Å². The minimum Gasteiger partial charge on any atom is -0.354 e. The molecule has 0 aromatic carbocycles. The van der Waals surface area contributed by atoms with Crippen LogP contribution in [-0.2, 0) is 17.8 Å². The maximum absolute atomic E-state index is 12.5. The molecule has 0 aliphatic heterocycles. The van der Waals surface area contributed by atoms with Gasteiger partial charge in [0.1, 0.15) is 11.4 Å². The fraction of sp³-hybridized carbons (Fsp3) is 0.312. The molecule has 0 atom stereocenters. The zero-order chi connectivity index (χ0) is 17.3. The van der Waals surface area contributed by atoms with Crippen molar-refractivity contribution in [1.29, 1.82) is 0 Å². The molecule has 5 nitrogen and oxygen atoms in total. The molecule has 0 radical (unpaired) electrons. The molecule has 3 rings (SSSR count). The van der Waals surface area contributed by atoms with Gasteiger partial charge in [0.05, 0.1) is 15.5 Å². The molecule has 1 N–H and O–H groups in total. The van der Waals surface area contributed by atoms with Gasteiger partial charge in [-0.2, -0.15) is 0 Å². The van der Waals surface area contributed by atoms with E-state index in [1.54, 1.807) is 11.3 Å². The van der Waals surface area contributed by atoms with Crippen molar-refractivity contribution < 1.29 is 4.79 Å². The van der Waals surface area contributed by atoms with Crippen LogP contribution in [0.5, 0.6) is 0 Å². The van der Waals surface area contributed by atoms with Crippen molar-refractivity contribution in [3.8, 4) is 0 Å². The number of hydrogen-bond acceptors (Lipinski definition) is 5. The minimum absolute atomic E-state index is 0.00968. The Balaban J connectivity index is 1.66. The van der Waals surface area contributed by atoms with Gasteiger partial charge in [-0.3, -0.25) is 14.2 Å². The maximum atomic E-state index is 12.5. The molecule has 0 saturated carbocycles. The first kappa shape index (κ1) is 17.3. The number of aromatic nitrogens is 2.